The molecular formula is C14H19N7O2S. The molecule has 0 bridgehead atoms. The van der Waals surface area contributed by atoms with Crippen LogP contribution in [0, 0.1) is 11.8 Å². The molecule has 0 saturated heterocycles. The Balaban J connectivity index is 1.88. The van der Waals surface area contributed by atoms with E-state index in [0.717, 1.165) is 5.70 Å². The molecule has 2 N–H and O–H groups in total. The van der Waals surface area contributed by atoms with E-state index in [1.54, 1.807) is 11.1 Å². The number of carbonyl (C=O) groups excluding carboxylic acids is 1. The molecular weight excluding hydrogens is 330 g/mol. The minimum Gasteiger partial charge on any atom is -0.320 e. The molecule has 0 spiro atoms. The van der Waals surface area contributed by atoms with Crippen molar-refractivity contribution in [1.29, 1.82) is 0 Å². The summed E-state index contributed by atoms with van der Waals surface area (Å²) in [7, 11) is -1.63. The van der Waals surface area contributed by atoms with Crippen molar-refractivity contribution in [3.8, 4) is 0 Å². The summed E-state index contributed by atoms with van der Waals surface area (Å²) in [5.41, 5.74) is 2.15. The lowest BCUT2D eigenvalue weighted by Crippen LogP contribution is -2.32. The number of allylic oxidation sites excluding steroid dienone is 1. The van der Waals surface area contributed by atoms with E-state index in [2.05, 4.69) is 58.6 Å². The van der Waals surface area contributed by atoms with Gasteiger partial charge in [-0.25, -0.2) is 9.20 Å². The average Bonchev–Trinajstić information content (AvgIpc) is 3.14. The quantitative estimate of drug-likeness (QED) is 0.837. The summed E-state index contributed by atoms with van der Waals surface area (Å²) in [4.78, 5) is 18.8. The number of anilines is 1. The minimum atomic E-state index is -1.63. The monoisotopic (exact) mass is 349 g/mol. The first kappa shape index (κ1) is 16.5. The molecule has 2 aliphatic rings. The SMILES string of the molecule is CC(C)C1=C(C(C)C)N=C2N(C=C(C(=O)Nc3nn[nH]n3)S2=O)C1. The Labute approximate surface area is 141 Å². The first-order valence-corrected chi connectivity index (χ1v) is 8.80. The largest absolute Gasteiger partial charge is 0.320 e. The number of nitrogens with one attached hydrogen (secondary N) is 2. The second-order valence-corrected chi connectivity index (χ2v) is 7.54. The zero-order chi connectivity index (χ0) is 17.4. The molecule has 1 unspecified atom stereocenters. The number of H-pyrrole nitrogens is 1. The molecule has 0 fully saturated rings. The highest BCUT2D eigenvalue weighted by molar-refractivity contribution is 8.05. The van der Waals surface area contributed by atoms with Gasteiger partial charge in [0.05, 0.1) is 0 Å². The van der Waals surface area contributed by atoms with Crippen LogP contribution >= 0.6 is 0 Å². The van der Waals surface area contributed by atoms with Crippen molar-refractivity contribution in [3.63, 3.8) is 0 Å². The smallest absolute Gasteiger partial charge is 0.270 e. The normalized spacial score (nSPS) is 20.4. The molecule has 24 heavy (non-hydrogen) atoms. The van der Waals surface area contributed by atoms with Crippen LogP contribution < -0.4 is 5.32 Å². The van der Waals surface area contributed by atoms with E-state index in [-0.39, 0.29) is 16.8 Å². The van der Waals surface area contributed by atoms with E-state index >= 15 is 0 Å². The molecule has 1 atom stereocenters. The molecule has 9 nitrogen and oxygen atoms in total. The fraction of sp³-hybridized carbons (Fsp3) is 0.500. The molecule has 0 aromatic carbocycles. The van der Waals surface area contributed by atoms with E-state index in [1.807, 2.05) is 0 Å². The predicted octanol–water partition coefficient (Wildman–Crippen LogP) is 0.980. The first-order valence-electron chi connectivity index (χ1n) is 7.65. The Hall–Kier alpha value is -2.36. The van der Waals surface area contributed by atoms with Gasteiger partial charge in [-0.05, 0) is 22.6 Å². The number of aromatic nitrogens is 4. The third kappa shape index (κ3) is 2.88. The van der Waals surface area contributed by atoms with Gasteiger partial charge in [-0.2, -0.15) is 5.21 Å². The second-order valence-electron chi connectivity index (χ2n) is 6.19. The lowest BCUT2D eigenvalue weighted by molar-refractivity contribution is -0.112. The Morgan fingerprint density at radius 2 is 2.08 bits per heavy atom. The fourth-order valence-corrected chi connectivity index (χ4v) is 3.76. The van der Waals surface area contributed by atoms with Crippen LogP contribution in [0.5, 0.6) is 0 Å². The van der Waals surface area contributed by atoms with Gasteiger partial charge in [-0.1, -0.05) is 32.8 Å². The maximum absolute atomic E-state index is 12.7. The minimum absolute atomic E-state index is 0.0357. The third-order valence-corrected chi connectivity index (χ3v) is 5.16. The molecule has 1 aromatic rings. The molecule has 3 heterocycles. The summed E-state index contributed by atoms with van der Waals surface area (Å²) < 4.78 is 12.7. The second kappa shape index (κ2) is 6.27. The van der Waals surface area contributed by atoms with Gasteiger partial charge in [0.15, 0.2) is 0 Å². The maximum atomic E-state index is 12.7. The van der Waals surface area contributed by atoms with Crippen molar-refractivity contribution in [3.05, 3.63) is 22.4 Å². The molecule has 2 aliphatic heterocycles. The van der Waals surface area contributed by atoms with Gasteiger partial charge in [0.25, 0.3) is 11.9 Å². The van der Waals surface area contributed by atoms with Crippen molar-refractivity contribution in [1.82, 2.24) is 25.5 Å². The third-order valence-electron chi connectivity index (χ3n) is 3.81. The van der Waals surface area contributed by atoms with Gasteiger partial charge >= 0.3 is 0 Å². The van der Waals surface area contributed by atoms with Crippen LogP contribution in [0.2, 0.25) is 0 Å². The number of rotatable bonds is 4. The standard InChI is InChI=1S/C14H19N7O2S/c1-7(2)9-5-21-6-10(12(22)16-13-17-19-20-18-13)24(23)14(21)15-11(9)8(3)4/h6-8H,5H2,1-4H3,(H2,16,17,18,19,20,22). The van der Waals surface area contributed by atoms with Gasteiger partial charge in [0.2, 0.25) is 5.17 Å². The fourth-order valence-electron chi connectivity index (χ4n) is 2.61. The van der Waals surface area contributed by atoms with Gasteiger partial charge in [0.1, 0.15) is 15.7 Å². The summed E-state index contributed by atoms with van der Waals surface area (Å²) in [5, 5.41) is 15.8. The Morgan fingerprint density at radius 1 is 1.33 bits per heavy atom. The molecule has 128 valence electrons. The summed E-state index contributed by atoms with van der Waals surface area (Å²) in [6.45, 7) is 8.94. The van der Waals surface area contributed by atoms with Crippen LogP contribution in [-0.4, -0.2) is 47.4 Å². The molecule has 1 amide bonds. The highest BCUT2D eigenvalue weighted by Gasteiger charge is 2.37. The van der Waals surface area contributed by atoms with Gasteiger partial charge in [-0.15, -0.1) is 5.10 Å². The van der Waals surface area contributed by atoms with E-state index in [4.69, 9.17) is 0 Å². The summed E-state index contributed by atoms with van der Waals surface area (Å²) >= 11 is 0. The highest BCUT2D eigenvalue weighted by Crippen LogP contribution is 2.32. The van der Waals surface area contributed by atoms with Crippen LogP contribution in [0.3, 0.4) is 0 Å². The van der Waals surface area contributed by atoms with Crippen LogP contribution in [0.15, 0.2) is 27.4 Å². The number of hydrogen-bond acceptors (Lipinski definition) is 7. The van der Waals surface area contributed by atoms with Crippen LogP contribution in [0.1, 0.15) is 27.7 Å². The van der Waals surface area contributed by atoms with Crippen LogP contribution in [0.25, 0.3) is 0 Å². The van der Waals surface area contributed by atoms with E-state index in [1.165, 1.54) is 5.57 Å². The summed E-state index contributed by atoms with van der Waals surface area (Å²) in [6, 6.07) is 0. The predicted molar refractivity (Wildman–Crippen MR) is 89.9 cm³/mol. The van der Waals surface area contributed by atoms with Crippen molar-refractivity contribution in [2.24, 2.45) is 16.8 Å². The lowest BCUT2D eigenvalue weighted by Gasteiger charge is -2.28. The molecule has 1 aromatic heterocycles. The Kier molecular flexibility index (Phi) is 4.31. The zero-order valence-electron chi connectivity index (χ0n) is 13.9. The maximum Gasteiger partial charge on any atom is 0.270 e. The topological polar surface area (TPSA) is 116 Å². The summed E-state index contributed by atoms with van der Waals surface area (Å²) in [6.07, 6.45) is 1.59. The van der Waals surface area contributed by atoms with Gasteiger partial charge in [-0.3, -0.25) is 10.1 Å². The van der Waals surface area contributed by atoms with Gasteiger partial charge < -0.3 is 4.90 Å². The van der Waals surface area contributed by atoms with Crippen molar-refractivity contribution < 1.29 is 9.00 Å². The molecule has 0 saturated carbocycles. The average molecular weight is 349 g/mol. The molecule has 10 heteroatoms. The van der Waals surface area contributed by atoms with E-state index < -0.39 is 16.7 Å². The van der Waals surface area contributed by atoms with Crippen LogP contribution in [0.4, 0.5) is 5.95 Å². The summed E-state index contributed by atoms with van der Waals surface area (Å²) in [5.74, 6) is 0.0654. The number of amidine groups is 1. The lowest BCUT2D eigenvalue weighted by atomic mass is 9.94. The molecule has 0 aliphatic carbocycles. The highest BCUT2D eigenvalue weighted by atomic mass is 32.2. The van der Waals surface area contributed by atoms with Crippen LogP contribution in [-0.2, 0) is 15.6 Å². The van der Waals surface area contributed by atoms with E-state index in [9.17, 15) is 9.00 Å². The zero-order valence-corrected chi connectivity index (χ0v) is 14.7. The number of fused-ring (bicyclic) bond motifs is 1. The Morgan fingerprint density at radius 3 is 2.67 bits per heavy atom. The Bertz CT molecular complexity index is 777. The number of carbonyl (C=O) groups is 1. The number of nitrogens with zero attached hydrogens (tertiary/aromatic N) is 5. The van der Waals surface area contributed by atoms with Gasteiger partial charge in [0, 0.05) is 18.4 Å². The van der Waals surface area contributed by atoms with Crippen molar-refractivity contribution >= 4 is 27.8 Å². The number of aliphatic imine (C=N–C) groups is 1. The number of aromatic amines is 1. The first-order chi connectivity index (χ1) is 11.4. The number of tetrazole rings is 1. The number of amides is 1. The van der Waals surface area contributed by atoms with Crippen molar-refractivity contribution in [2.45, 2.75) is 27.7 Å². The molecule has 3 rings (SSSR count). The van der Waals surface area contributed by atoms with E-state index in [0.29, 0.717) is 17.6 Å². The molecule has 0 radical (unpaired) electrons. The van der Waals surface area contributed by atoms with Crippen molar-refractivity contribution in [2.75, 3.05) is 11.9 Å². The number of hydrogen-bond donors (Lipinski definition) is 2.